The maximum absolute atomic E-state index is 10.3. The van der Waals surface area contributed by atoms with Gasteiger partial charge < -0.3 is 0 Å². The minimum absolute atomic E-state index is 0.262. The molecule has 0 aliphatic rings. The van der Waals surface area contributed by atoms with E-state index in [1.807, 2.05) is 0 Å². The number of nitrogens with zero attached hydrogens (tertiary/aromatic N) is 2. The maximum Gasteiger partial charge on any atom is 0.342 e. The molecule has 1 radical (unpaired) electrons. The lowest BCUT2D eigenvalue weighted by molar-refractivity contribution is -0.386. The molecule has 0 saturated carbocycles. The SMILES string of the molecule is O=[N+]([O-])c1ccccc1[N+](O)O. The van der Waals surface area contributed by atoms with Crippen LogP contribution in [0.4, 0.5) is 11.4 Å². The molecule has 0 unspecified atom stereocenters. The minimum Gasteiger partial charge on any atom is -0.258 e. The molecule has 0 aromatic heterocycles. The third-order valence-electron chi connectivity index (χ3n) is 1.29. The summed E-state index contributed by atoms with van der Waals surface area (Å²) in [5, 5.41) is 27.1. The van der Waals surface area contributed by atoms with Gasteiger partial charge in [0.15, 0.2) is 0 Å². The van der Waals surface area contributed by atoms with E-state index in [9.17, 15) is 10.1 Å². The summed E-state index contributed by atoms with van der Waals surface area (Å²) >= 11 is 0. The van der Waals surface area contributed by atoms with E-state index in [4.69, 9.17) is 10.4 Å². The molecule has 0 bridgehead atoms. The van der Waals surface area contributed by atoms with Crippen LogP contribution < -0.4 is 5.23 Å². The summed E-state index contributed by atoms with van der Waals surface area (Å²) < 4.78 is 0. The summed E-state index contributed by atoms with van der Waals surface area (Å²) in [6, 6.07) is 5.29. The molecular formula is C6H6N2O4+. The number of hydrogen-bond acceptors (Lipinski definition) is 5. The van der Waals surface area contributed by atoms with Crippen LogP contribution >= 0.6 is 0 Å². The Balaban J connectivity index is 3.17. The van der Waals surface area contributed by atoms with Crippen LogP contribution in [0.5, 0.6) is 0 Å². The van der Waals surface area contributed by atoms with Gasteiger partial charge in [-0.2, -0.15) is 0 Å². The van der Waals surface area contributed by atoms with E-state index in [1.165, 1.54) is 24.3 Å². The first-order valence-electron chi connectivity index (χ1n) is 3.04. The van der Waals surface area contributed by atoms with Crippen LogP contribution in [-0.4, -0.2) is 15.3 Å². The van der Waals surface area contributed by atoms with Crippen molar-refractivity contribution in [3.8, 4) is 0 Å². The second-order valence-corrected chi connectivity index (χ2v) is 2.04. The van der Waals surface area contributed by atoms with Gasteiger partial charge in [0.1, 0.15) is 0 Å². The first-order chi connectivity index (χ1) is 5.63. The summed E-state index contributed by atoms with van der Waals surface area (Å²) in [7, 11) is 0. The van der Waals surface area contributed by atoms with Crippen molar-refractivity contribution in [2.24, 2.45) is 0 Å². The van der Waals surface area contributed by atoms with Gasteiger partial charge in [0.2, 0.25) is 5.23 Å². The molecule has 0 aliphatic heterocycles. The van der Waals surface area contributed by atoms with Gasteiger partial charge in [-0.1, -0.05) is 12.1 Å². The third kappa shape index (κ3) is 1.56. The summed E-state index contributed by atoms with van der Waals surface area (Å²) in [6.45, 7) is 0. The molecule has 0 heterocycles. The van der Waals surface area contributed by atoms with Crippen LogP contribution in [0.15, 0.2) is 24.3 Å². The molecule has 63 valence electrons. The average molecular weight is 170 g/mol. The topological polar surface area (TPSA) is 89.5 Å². The summed E-state index contributed by atoms with van der Waals surface area (Å²) in [5.41, 5.74) is -0.620. The van der Waals surface area contributed by atoms with Gasteiger partial charge in [0, 0.05) is 12.1 Å². The van der Waals surface area contributed by atoms with Crippen LogP contribution in [0.1, 0.15) is 0 Å². The van der Waals surface area contributed by atoms with E-state index in [1.54, 1.807) is 0 Å². The number of nitro benzene ring substituents is 1. The van der Waals surface area contributed by atoms with Crippen molar-refractivity contribution < 1.29 is 15.3 Å². The van der Waals surface area contributed by atoms with E-state index in [0.29, 0.717) is 0 Å². The quantitative estimate of drug-likeness (QED) is 0.514. The zero-order valence-electron chi connectivity index (χ0n) is 5.91. The fraction of sp³-hybridized carbons (Fsp3) is 0. The fourth-order valence-electron chi connectivity index (χ4n) is 0.788. The normalized spacial score (nSPS) is 10.2. The first-order valence-corrected chi connectivity index (χ1v) is 3.04. The maximum atomic E-state index is 10.3. The highest BCUT2D eigenvalue weighted by Crippen LogP contribution is 2.24. The van der Waals surface area contributed by atoms with Crippen molar-refractivity contribution in [3.63, 3.8) is 0 Å². The molecule has 12 heavy (non-hydrogen) atoms. The Hall–Kier alpha value is -1.50. The Bertz CT molecular complexity index is 299. The Morgan fingerprint density at radius 3 is 2.00 bits per heavy atom. The molecule has 0 saturated heterocycles. The van der Waals surface area contributed by atoms with E-state index >= 15 is 0 Å². The molecule has 1 rings (SSSR count). The van der Waals surface area contributed by atoms with Crippen molar-refractivity contribution in [2.45, 2.75) is 0 Å². The first kappa shape index (κ1) is 8.60. The van der Waals surface area contributed by atoms with Gasteiger partial charge in [0.05, 0.1) is 4.92 Å². The number of para-hydroxylation sites is 2. The van der Waals surface area contributed by atoms with Crippen molar-refractivity contribution >= 4 is 11.4 Å². The summed E-state index contributed by atoms with van der Waals surface area (Å²) in [4.78, 5) is 9.58. The fourth-order valence-corrected chi connectivity index (χ4v) is 0.788. The predicted octanol–water partition coefficient (Wildman–Crippen LogP) is 1.14. The lowest BCUT2D eigenvalue weighted by Crippen LogP contribution is -2.14. The molecule has 0 amide bonds. The Morgan fingerprint density at radius 1 is 1.17 bits per heavy atom. The standard InChI is InChI=1S/C6H6N2O4/c9-7(10)5-3-1-2-4-6(5)8(11)12/h1-4,9-10H/q+1. The number of hydrogen-bond donors (Lipinski definition) is 2. The van der Waals surface area contributed by atoms with E-state index in [-0.39, 0.29) is 16.6 Å². The van der Waals surface area contributed by atoms with Crippen molar-refractivity contribution in [1.29, 1.82) is 0 Å². The molecule has 1 aromatic carbocycles. The van der Waals surface area contributed by atoms with Gasteiger partial charge in [-0.25, -0.2) is 0 Å². The molecule has 6 heteroatoms. The van der Waals surface area contributed by atoms with Crippen LogP contribution in [0.25, 0.3) is 0 Å². The highest BCUT2D eigenvalue weighted by atomic mass is 16.8. The molecule has 0 spiro atoms. The Morgan fingerprint density at radius 2 is 1.67 bits per heavy atom. The molecule has 0 fully saturated rings. The zero-order chi connectivity index (χ0) is 9.14. The van der Waals surface area contributed by atoms with Crippen LogP contribution in [0.2, 0.25) is 0 Å². The number of nitro groups is 1. The second-order valence-electron chi connectivity index (χ2n) is 2.04. The molecular weight excluding hydrogens is 164 g/mol. The molecule has 2 N–H and O–H groups in total. The molecule has 0 aliphatic carbocycles. The Labute approximate surface area is 67.3 Å². The average Bonchev–Trinajstić information content (AvgIpc) is 2.04. The zero-order valence-corrected chi connectivity index (χ0v) is 5.91. The van der Waals surface area contributed by atoms with Crippen LogP contribution in [0.3, 0.4) is 0 Å². The summed E-state index contributed by atoms with van der Waals surface area (Å²) in [5.74, 6) is 0. The Kier molecular flexibility index (Phi) is 2.34. The number of anilines is 1. The second kappa shape index (κ2) is 3.26. The highest BCUT2D eigenvalue weighted by molar-refractivity contribution is 5.55. The molecule has 6 nitrogen and oxygen atoms in total. The smallest absolute Gasteiger partial charge is 0.258 e. The van der Waals surface area contributed by atoms with Crippen molar-refractivity contribution in [3.05, 3.63) is 34.4 Å². The number of rotatable bonds is 2. The lowest BCUT2D eigenvalue weighted by Gasteiger charge is -1.93. The van der Waals surface area contributed by atoms with E-state index < -0.39 is 4.92 Å². The monoisotopic (exact) mass is 170 g/mol. The number of benzene rings is 1. The van der Waals surface area contributed by atoms with Crippen LogP contribution in [0, 0.1) is 10.1 Å². The van der Waals surface area contributed by atoms with Gasteiger partial charge in [0.25, 0.3) is 0 Å². The highest BCUT2D eigenvalue weighted by Gasteiger charge is 2.27. The molecule has 1 aromatic rings. The van der Waals surface area contributed by atoms with E-state index in [2.05, 4.69) is 0 Å². The predicted molar refractivity (Wildman–Crippen MR) is 38.5 cm³/mol. The summed E-state index contributed by atoms with van der Waals surface area (Å²) in [6.07, 6.45) is 0. The molecule has 0 atom stereocenters. The van der Waals surface area contributed by atoms with Crippen molar-refractivity contribution in [2.75, 3.05) is 0 Å². The van der Waals surface area contributed by atoms with Gasteiger partial charge in [-0.05, 0) is 0 Å². The van der Waals surface area contributed by atoms with Gasteiger partial charge in [-0.3, -0.25) is 10.1 Å². The van der Waals surface area contributed by atoms with Gasteiger partial charge in [-0.15, -0.1) is 10.4 Å². The third-order valence-corrected chi connectivity index (χ3v) is 1.29. The van der Waals surface area contributed by atoms with E-state index in [0.717, 1.165) is 0 Å². The largest absolute Gasteiger partial charge is 0.342 e. The van der Waals surface area contributed by atoms with Gasteiger partial charge >= 0.3 is 11.4 Å². The van der Waals surface area contributed by atoms with Crippen LogP contribution in [-0.2, 0) is 0 Å². The van der Waals surface area contributed by atoms with Crippen molar-refractivity contribution in [1.82, 2.24) is 5.23 Å². The minimum atomic E-state index is -0.700. The lowest BCUT2D eigenvalue weighted by atomic mass is 10.3.